The minimum absolute atomic E-state index is 0.0641. The summed E-state index contributed by atoms with van der Waals surface area (Å²) in [6.07, 6.45) is 0. The van der Waals surface area contributed by atoms with Gasteiger partial charge in [-0.3, -0.25) is 9.59 Å². The minimum Gasteiger partial charge on any atom is -0.395 e. The lowest BCUT2D eigenvalue weighted by atomic mass is 10.2. The number of aromatic nitrogens is 1. The van der Waals surface area contributed by atoms with E-state index in [0.29, 0.717) is 38.4 Å². The van der Waals surface area contributed by atoms with Crippen LogP contribution in [0.4, 0.5) is 15.8 Å². The Hall–Kier alpha value is -3.46. The van der Waals surface area contributed by atoms with Gasteiger partial charge in [-0.05, 0) is 29.2 Å². The molecule has 3 aromatic rings. The summed E-state index contributed by atoms with van der Waals surface area (Å²) >= 11 is 0.927. The molecule has 1 aliphatic heterocycles. The zero-order chi connectivity index (χ0) is 21.8. The van der Waals surface area contributed by atoms with E-state index < -0.39 is 5.91 Å². The van der Waals surface area contributed by atoms with Gasteiger partial charge in [0.2, 0.25) is 0 Å². The van der Waals surface area contributed by atoms with Crippen molar-refractivity contribution in [3.8, 4) is 0 Å². The van der Waals surface area contributed by atoms with Crippen molar-refractivity contribution in [3.63, 3.8) is 0 Å². The number of para-hydroxylation sites is 1. The molecular formula is C22H22FN5O2S. The highest BCUT2D eigenvalue weighted by atomic mass is 32.1. The van der Waals surface area contributed by atoms with Crippen LogP contribution in [0.2, 0.25) is 0 Å². The average molecular weight is 440 g/mol. The van der Waals surface area contributed by atoms with Crippen LogP contribution in [-0.2, 0) is 6.54 Å². The highest BCUT2D eigenvalue weighted by molar-refractivity contribution is 7.09. The minimum atomic E-state index is -0.416. The van der Waals surface area contributed by atoms with E-state index in [-0.39, 0.29) is 28.0 Å². The fourth-order valence-corrected chi connectivity index (χ4v) is 4.25. The van der Waals surface area contributed by atoms with Gasteiger partial charge >= 0.3 is 0 Å². The zero-order valence-electron chi connectivity index (χ0n) is 16.8. The maximum atomic E-state index is 14.0. The number of nitrogen functional groups attached to an aromatic ring is 1. The molecule has 1 aliphatic rings. The number of rotatable bonds is 5. The SMILES string of the molecule is Nc1c(C(=O)NCc2ccccc2)nsc1C(=O)N1CCN(c2ccccc2F)CC1. The van der Waals surface area contributed by atoms with Gasteiger partial charge in [-0.1, -0.05) is 42.5 Å². The Morgan fingerprint density at radius 1 is 1.03 bits per heavy atom. The number of piperazine rings is 1. The topological polar surface area (TPSA) is 91.6 Å². The molecule has 2 aromatic carbocycles. The second-order valence-electron chi connectivity index (χ2n) is 7.17. The summed E-state index contributed by atoms with van der Waals surface area (Å²) in [7, 11) is 0. The van der Waals surface area contributed by atoms with Crippen molar-refractivity contribution in [2.45, 2.75) is 6.54 Å². The Balaban J connectivity index is 1.38. The van der Waals surface area contributed by atoms with E-state index >= 15 is 0 Å². The highest BCUT2D eigenvalue weighted by Gasteiger charge is 2.28. The number of hydrogen-bond donors (Lipinski definition) is 2. The van der Waals surface area contributed by atoms with Gasteiger partial charge in [-0.25, -0.2) is 4.39 Å². The van der Waals surface area contributed by atoms with Crippen molar-refractivity contribution >= 4 is 34.7 Å². The van der Waals surface area contributed by atoms with E-state index in [4.69, 9.17) is 5.73 Å². The number of benzene rings is 2. The van der Waals surface area contributed by atoms with Crippen LogP contribution in [0, 0.1) is 5.82 Å². The number of nitrogens with two attached hydrogens (primary N) is 1. The van der Waals surface area contributed by atoms with Gasteiger partial charge in [0.15, 0.2) is 5.69 Å². The van der Waals surface area contributed by atoms with Crippen molar-refractivity contribution < 1.29 is 14.0 Å². The van der Waals surface area contributed by atoms with Gasteiger partial charge in [0.1, 0.15) is 10.7 Å². The summed E-state index contributed by atoms with van der Waals surface area (Å²) in [6.45, 7) is 2.23. The molecule has 1 saturated heterocycles. The first-order valence-electron chi connectivity index (χ1n) is 9.90. The highest BCUT2D eigenvalue weighted by Crippen LogP contribution is 2.25. The van der Waals surface area contributed by atoms with Gasteiger partial charge in [-0.15, -0.1) is 0 Å². The molecule has 160 valence electrons. The summed E-state index contributed by atoms with van der Waals surface area (Å²) in [5.74, 6) is -0.952. The van der Waals surface area contributed by atoms with E-state index in [2.05, 4.69) is 9.69 Å². The molecule has 3 N–H and O–H groups in total. The van der Waals surface area contributed by atoms with Crippen LogP contribution in [0.25, 0.3) is 0 Å². The molecule has 9 heteroatoms. The number of hydrogen-bond acceptors (Lipinski definition) is 6. The number of amides is 2. The fraction of sp³-hybridized carbons (Fsp3) is 0.227. The Kier molecular flexibility index (Phi) is 6.13. The van der Waals surface area contributed by atoms with E-state index in [1.54, 1.807) is 23.1 Å². The van der Waals surface area contributed by atoms with E-state index in [9.17, 15) is 14.0 Å². The van der Waals surface area contributed by atoms with Crippen LogP contribution in [0.1, 0.15) is 25.7 Å². The third-order valence-electron chi connectivity index (χ3n) is 5.19. The third kappa shape index (κ3) is 4.51. The van der Waals surface area contributed by atoms with Gasteiger partial charge < -0.3 is 20.9 Å². The molecule has 0 radical (unpaired) electrons. The first-order chi connectivity index (χ1) is 15.0. The Morgan fingerprint density at radius 2 is 1.71 bits per heavy atom. The third-order valence-corrected chi connectivity index (χ3v) is 6.04. The summed E-state index contributed by atoms with van der Waals surface area (Å²) < 4.78 is 18.1. The van der Waals surface area contributed by atoms with E-state index in [0.717, 1.165) is 17.1 Å². The number of halogens is 1. The lowest BCUT2D eigenvalue weighted by molar-refractivity contribution is 0.0752. The molecule has 0 saturated carbocycles. The van der Waals surface area contributed by atoms with Gasteiger partial charge in [0, 0.05) is 32.7 Å². The number of nitrogens with zero attached hydrogens (tertiary/aromatic N) is 3. The monoisotopic (exact) mass is 439 g/mol. The van der Waals surface area contributed by atoms with Crippen molar-refractivity contribution in [2.24, 2.45) is 0 Å². The van der Waals surface area contributed by atoms with Gasteiger partial charge in [0.05, 0.1) is 11.4 Å². The average Bonchev–Trinajstić information content (AvgIpc) is 3.19. The van der Waals surface area contributed by atoms with Crippen molar-refractivity contribution in [2.75, 3.05) is 36.8 Å². The maximum Gasteiger partial charge on any atom is 0.273 e. The Bertz CT molecular complexity index is 1080. The standard InChI is InChI=1S/C22H22FN5O2S/c23-16-8-4-5-9-17(16)27-10-12-28(13-11-27)22(30)20-18(24)19(26-31-20)21(29)25-14-15-6-2-1-3-7-15/h1-9H,10-14,24H2,(H,25,29). The van der Waals surface area contributed by atoms with E-state index in [1.807, 2.05) is 35.2 Å². The normalized spacial score (nSPS) is 13.8. The van der Waals surface area contributed by atoms with Crippen molar-refractivity contribution in [1.29, 1.82) is 0 Å². The quantitative estimate of drug-likeness (QED) is 0.638. The molecule has 0 spiro atoms. The largest absolute Gasteiger partial charge is 0.395 e. The molecule has 2 amide bonds. The van der Waals surface area contributed by atoms with Crippen LogP contribution in [-0.4, -0.2) is 47.3 Å². The molecule has 0 atom stereocenters. The van der Waals surface area contributed by atoms with Crippen LogP contribution in [0.5, 0.6) is 0 Å². The van der Waals surface area contributed by atoms with Crippen LogP contribution < -0.4 is 16.0 Å². The van der Waals surface area contributed by atoms with Gasteiger partial charge in [-0.2, -0.15) is 4.37 Å². The molecule has 1 fully saturated rings. The Morgan fingerprint density at radius 3 is 2.42 bits per heavy atom. The summed E-state index contributed by atoms with van der Waals surface area (Å²) in [5.41, 5.74) is 7.74. The zero-order valence-corrected chi connectivity index (χ0v) is 17.6. The molecule has 0 unspecified atom stereocenters. The molecule has 0 aliphatic carbocycles. The first-order valence-corrected chi connectivity index (χ1v) is 10.7. The lowest BCUT2D eigenvalue weighted by Gasteiger charge is -2.36. The molecular weight excluding hydrogens is 417 g/mol. The molecule has 2 heterocycles. The van der Waals surface area contributed by atoms with E-state index in [1.165, 1.54) is 6.07 Å². The fourth-order valence-electron chi connectivity index (χ4n) is 3.48. The molecule has 1 aromatic heterocycles. The number of carbonyl (C=O) groups excluding carboxylic acids is 2. The maximum absolute atomic E-state index is 14.0. The lowest BCUT2D eigenvalue weighted by Crippen LogP contribution is -2.49. The van der Waals surface area contributed by atoms with Crippen molar-refractivity contribution in [3.05, 3.63) is 76.5 Å². The second kappa shape index (κ2) is 9.13. The van der Waals surface area contributed by atoms with Crippen LogP contribution >= 0.6 is 11.5 Å². The summed E-state index contributed by atoms with van der Waals surface area (Å²) in [6, 6.07) is 16.1. The number of carbonyl (C=O) groups is 2. The molecule has 7 nitrogen and oxygen atoms in total. The first kappa shape index (κ1) is 20.8. The second-order valence-corrected chi connectivity index (χ2v) is 7.95. The Labute approximate surface area is 183 Å². The van der Waals surface area contributed by atoms with Crippen LogP contribution in [0.15, 0.2) is 54.6 Å². The summed E-state index contributed by atoms with van der Waals surface area (Å²) in [4.78, 5) is 29.2. The predicted molar refractivity (Wildman–Crippen MR) is 119 cm³/mol. The predicted octanol–water partition coefficient (Wildman–Crippen LogP) is 2.76. The van der Waals surface area contributed by atoms with Crippen molar-refractivity contribution in [1.82, 2.24) is 14.6 Å². The number of anilines is 2. The molecule has 4 rings (SSSR count). The summed E-state index contributed by atoms with van der Waals surface area (Å²) in [5, 5.41) is 2.78. The number of nitrogens with one attached hydrogen (secondary N) is 1. The van der Waals surface area contributed by atoms with Gasteiger partial charge in [0.25, 0.3) is 11.8 Å². The molecule has 0 bridgehead atoms. The van der Waals surface area contributed by atoms with Crippen LogP contribution in [0.3, 0.4) is 0 Å². The smallest absolute Gasteiger partial charge is 0.273 e. The molecule has 31 heavy (non-hydrogen) atoms.